The van der Waals surface area contributed by atoms with Crippen molar-refractivity contribution in [2.24, 2.45) is 11.3 Å². The monoisotopic (exact) mass is 450 g/mol. The van der Waals surface area contributed by atoms with E-state index < -0.39 is 18.2 Å². The Bertz CT molecular complexity index is 700. The molecule has 2 unspecified atom stereocenters. The van der Waals surface area contributed by atoms with Crippen LogP contribution in [-0.4, -0.2) is 32.8 Å². The van der Waals surface area contributed by atoms with E-state index in [1.54, 1.807) is 0 Å². The predicted molar refractivity (Wildman–Crippen MR) is 124 cm³/mol. The number of benzene rings is 1. The third-order valence-corrected chi connectivity index (χ3v) is 8.44. The zero-order valence-corrected chi connectivity index (χ0v) is 19.6. The molecule has 2 fully saturated rings. The van der Waals surface area contributed by atoms with Crippen LogP contribution in [0.3, 0.4) is 0 Å². The molecule has 5 heteroatoms. The summed E-state index contributed by atoms with van der Waals surface area (Å²) in [5.41, 5.74) is 2.27. The molecule has 2 saturated carbocycles. The average molecular weight is 451 g/mol. The van der Waals surface area contributed by atoms with Gasteiger partial charge in [-0.05, 0) is 61.5 Å². The van der Waals surface area contributed by atoms with Gasteiger partial charge in [0.2, 0.25) is 0 Å². The van der Waals surface area contributed by atoms with E-state index in [1.807, 2.05) is 0 Å². The van der Waals surface area contributed by atoms with Gasteiger partial charge in [0.25, 0.3) is 0 Å². The van der Waals surface area contributed by atoms with Crippen LogP contribution in [0.15, 0.2) is 24.3 Å². The predicted octanol–water partition coefficient (Wildman–Crippen LogP) is 6.19. The SMILES string of the molecule is CCCC1(C(O)c2ccc([C@H]3CC(O)[C@H](Cl)[C@@H]3CCCCCCC(=O)O)cc2)CCC1. The van der Waals surface area contributed by atoms with Gasteiger partial charge in [0.05, 0.1) is 17.6 Å². The highest BCUT2D eigenvalue weighted by molar-refractivity contribution is 6.21. The van der Waals surface area contributed by atoms with Crippen LogP contribution in [0.2, 0.25) is 0 Å². The smallest absolute Gasteiger partial charge is 0.303 e. The van der Waals surface area contributed by atoms with E-state index in [-0.39, 0.29) is 29.0 Å². The van der Waals surface area contributed by atoms with Gasteiger partial charge in [0.1, 0.15) is 0 Å². The second-order valence-corrected chi connectivity index (χ2v) is 10.4. The number of unbranched alkanes of at least 4 members (excludes halogenated alkanes) is 3. The summed E-state index contributed by atoms with van der Waals surface area (Å²) in [5.74, 6) is -0.271. The average Bonchev–Trinajstić information content (AvgIpc) is 3.01. The van der Waals surface area contributed by atoms with Crippen molar-refractivity contribution in [3.05, 3.63) is 35.4 Å². The number of carboxylic acid groups (broad SMARTS) is 1. The van der Waals surface area contributed by atoms with Gasteiger partial charge in [-0.25, -0.2) is 0 Å². The largest absolute Gasteiger partial charge is 0.481 e. The molecule has 2 aliphatic carbocycles. The molecule has 0 heterocycles. The summed E-state index contributed by atoms with van der Waals surface area (Å²) < 4.78 is 0. The quantitative estimate of drug-likeness (QED) is 0.262. The van der Waals surface area contributed by atoms with Crippen molar-refractivity contribution < 1.29 is 20.1 Å². The van der Waals surface area contributed by atoms with Gasteiger partial charge in [-0.1, -0.05) is 63.3 Å². The van der Waals surface area contributed by atoms with E-state index in [4.69, 9.17) is 16.7 Å². The first-order chi connectivity index (χ1) is 14.9. The summed E-state index contributed by atoms with van der Waals surface area (Å²) in [4.78, 5) is 10.6. The van der Waals surface area contributed by atoms with E-state index in [9.17, 15) is 15.0 Å². The number of aliphatic carboxylic acids is 1. The number of aliphatic hydroxyl groups is 2. The Labute approximate surface area is 192 Å². The standard InChI is InChI=1S/C26H39ClO4/c1-2-14-26(15-7-16-26)25(31)19-12-10-18(11-13-19)21-17-22(28)24(27)20(21)8-5-3-4-6-9-23(29)30/h10-13,20-22,24-25,28,31H,2-9,14-17H2,1H3,(H,29,30)/t20-,21-,22?,24-,25?/m1/s1. The minimum atomic E-state index is -0.730. The number of hydrogen-bond acceptors (Lipinski definition) is 3. The van der Waals surface area contributed by atoms with Gasteiger partial charge in [-0.2, -0.15) is 0 Å². The molecule has 4 nitrogen and oxygen atoms in total. The maximum Gasteiger partial charge on any atom is 0.303 e. The van der Waals surface area contributed by atoms with E-state index in [0.717, 1.165) is 63.4 Å². The Morgan fingerprint density at radius 1 is 1.16 bits per heavy atom. The lowest BCUT2D eigenvalue weighted by molar-refractivity contribution is -0.137. The van der Waals surface area contributed by atoms with Crippen molar-refractivity contribution in [1.29, 1.82) is 0 Å². The van der Waals surface area contributed by atoms with Crippen LogP contribution < -0.4 is 0 Å². The van der Waals surface area contributed by atoms with Gasteiger partial charge in [-0.15, -0.1) is 11.6 Å². The second kappa shape index (κ2) is 11.2. The highest BCUT2D eigenvalue weighted by Crippen LogP contribution is 2.53. The summed E-state index contributed by atoms with van der Waals surface area (Å²) in [5, 5.41) is 30.0. The summed E-state index contributed by atoms with van der Waals surface area (Å²) >= 11 is 6.59. The number of carbonyl (C=O) groups is 1. The number of rotatable bonds is 12. The van der Waals surface area contributed by atoms with Crippen LogP contribution in [0.1, 0.15) is 107 Å². The van der Waals surface area contributed by atoms with E-state index in [1.165, 1.54) is 12.0 Å². The first-order valence-corrected chi connectivity index (χ1v) is 12.6. The lowest BCUT2D eigenvalue weighted by Crippen LogP contribution is -2.36. The summed E-state index contributed by atoms with van der Waals surface area (Å²) in [7, 11) is 0. The molecule has 1 aromatic carbocycles. The fourth-order valence-corrected chi connectivity index (χ4v) is 6.30. The Morgan fingerprint density at radius 2 is 1.84 bits per heavy atom. The molecule has 0 spiro atoms. The zero-order valence-electron chi connectivity index (χ0n) is 18.8. The van der Waals surface area contributed by atoms with E-state index >= 15 is 0 Å². The number of carboxylic acids is 1. The van der Waals surface area contributed by atoms with Gasteiger partial charge in [0, 0.05) is 11.8 Å². The lowest BCUT2D eigenvalue weighted by atomic mass is 9.61. The van der Waals surface area contributed by atoms with Crippen molar-refractivity contribution in [2.75, 3.05) is 0 Å². The molecule has 0 amide bonds. The maximum atomic E-state index is 11.0. The zero-order chi connectivity index (χ0) is 22.4. The molecule has 0 saturated heterocycles. The van der Waals surface area contributed by atoms with Crippen LogP contribution in [0, 0.1) is 11.3 Å². The molecule has 0 aromatic heterocycles. The van der Waals surface area contributed by atoms with E-state index in [0.29, 0.717) is 6.42 Å². The Kier molecular flexibility index (Phi) is 8.83. The van der Waals surface area contributed by atoms with Crippen molar-refractivity contribution in [3.63, 3.8) is 0 Å². The molecule has 3 rings (SSSR count). The molecule has 2 aliphatic rings. The topological polar surface area (TPSA) is 77.8 Å². The molecular formula is C26H39ClO4. The third-order valence-electron chi connectivity index (χ3n) is 7.82. The van der Waals surface area contributed by atoms with Crippen LogP contribution in [0.4, 0.5) is 0 Å². The second-order valence-electron chi connectivity index (χ2n) is 9.90. The van der Waals surface area contributed by atoms with Crippen molar-refractivity contribution in [3.8, 4) is 0 Å². The minimum Gasteiger partial charge on any atom is -0.481 e. The molecule has 0 bridgehead atoms. The number of aliphatic hydroxyl groups excluding tert-OH is 2. The Morgan fingerprint density at radius 3 is 2.42 bits per heavy atom. The van der Waals surface area contributed by atoms with Crippen molar-refractivity contribution in [2.45, 2.75) is 107 Å². The molecule has 0 aliphatic heterocycles. The van der Waals surface area contributed by atoms with Gasteiger partial charge < -0.3 is 15.3 Å². The van der Waals surface area contributed by atoms with Gasteiger partial charge >= 0.3 is 5.97 Å². The fraction of sp³-hybridized carbons (Fsp3) is 0.731. The van der Waals surface area contributed by atoms with Crippen LogP contribution >= 0.6 is 11.6 Å². The Hall–Kier alpha value is -1.10. The van der Waals surface area contributed by atoms with Crippen molar-refractivity contribution >= 4 is 17.6 Å². The van der Waals surface area contributed by atoms with Gasteiger partial charge in [0.15, 0.2) is 0 Å². The molecule has 31 heavy (non-hydrogen) atoms. The lowest BCUT2D eigenvalue weighted by Gasteiger charge is -2.46. The van der Waals surface area contributed by atoms with E-state index in [2.05, 4.69) is 31.2 Å². The Balaban J connectivity index is 1.60. The first kappa shape index (κ1) is 24.5. The first-order valence-electron chi connectivity index (χ1n) is 12.2. The summed E-state index contributed by atoms with van der Waals surface area (Å²) in [6.45, 7) is 2.19. The van der Waals surface area contributed by atoms with Crippen LogP contribution in [-0.2, 0) is 4.79 Å². The summed E-state index contributed by atoms with van der Waals surface area (Å²) in [6, 6.07) is 8.41. The fourth-order valence-electron chi connectivity index (χ4n) is 5.89. The molecule has 0 radical (unpaired) electrons. The highest BCUT2D eigenvalue weighted by atomic mass is 35.5. The molecule has 174 valence electrons. The maximum absolute atomic E-state index is 11.0. The van der Waals surface area contributed by atoms with Crippen molar-refractivity contribution in [1.82, 2.24) is 0 Å². The summed E-state index contributed by atoms with van der Waals surface area (Å²) in [6.07, 6.45) is 10.2. The molecular weight excluding hydrogens is 412 g/mol. The van der Waals surface area contributed by atoms with Crippen LogP contribution in [0.5, 0.6) is 0 Å². The minimum absolute atomic E-state index is 0.0597. The number of halogens is 1. The molecule has 3 N–H and O–H groups in total. The highest BCUT2D eigenvalue weighted by Gasteiger charge is 2.44. The third kappa shape index (κ3) is 5.83. The number of alkyl halides is 1. The molecule has 1 aromatic rings. The van der Waals surface area contributed by atoms with Crippen LogP contribution in [0.25, 0.3) is 0 Å². The molecule has 5 atom stereocenters. The van der Waals surface area contributed by atoms with Gasteiger partial charge in [-0.3, -0.25) is 4.79 Å². The normalized spacial score (nSPS) is 28.3. The number of hydrogen-bond donors (Lipinski definition) is 3.